The summed E-state index contributed by atoms with van der Waals surface area (Å²) in [4.78, 5) is 15.6. The first-order chi connectivity index (χ1) is 24.7. The van der Waals surface area contributed by atoms with Crippen LogP contribution < -0.4 is 0 Å². The number of rotatable bonds is 4. The lowest BCUT2D eigenvalue weighted by molar-refractivity contribution is -0.0399. The van der Waals surface area contributed by atoms with Gasteiger partial charge in [-0.3, -0.25) is 0 Å². The van der Waals surface area contributed by atoms with Crippen molar-refractivity contribution in [2.24, 2.45) is 23.7 Å². The molecule has 0 N–H and O–H groups in total. The van der Waals surface area contributed by atoms with Gasteiger partial charge in [-0.25, -0.2) is 15.0 Å². The molecule has 4 saturated carbocycles. The fourth-order valence-electron chi connectivity index (χ4n) is 11.0. The SMILES string of the molecule is c1ccc(-c2nc(-c3ccc4c(c3)-c3ccccc3C43C4CC5CC(C4)CC3C5)nc(-c3ccc(-c4ccccc4)c4ccccc34)n2)cc1. The standard InChI is InChI=1S/C47H37N3/c1-3-11-31(12-4-1)36-20-21-40(38-16-8-7-15-37(36)38)46-49-44(32-13-5-2-6-14-32)48-45(50-46)33-19-22-43-41(28-33)39-17-9-10-18-42(39)47(43)34-24-29-23-30(26-34)27-35(47)25-29/h1-22,28-30,34-35H,23-27H2. The van der Waals surface area contributed by atoms with Gasteiger partial charge in [0, 0.05) is 22.1 Å². The van der Waals surface area contributed by atoms with Crippen molar-refractivity contribution in [1.82, 2.24) is 15.0 Å². The molecule has 7 aromatic rings. The Morgan fingerprint density at radius 1 is 0.380 bits per heavy atom. The van der Waals surface area contributed by atoms with Crippen molar-refractivity contribution in [3.8, 4) is 56.4 Å². The van der Waals surface area contributed by atoms with Gasteiger partial charge in [-0.1, -0.05) is 127 Å². The molecule has 3 nitrogen and oxygen atoms in total. The summed E-state index contributed by atoms with van der Waals surface area (Å²) >= 11 is 0. The molecular formula is C47H37N3. The molecule has 1 aromatic heterocycles. The van der Waals surface area contributed by atoms with E-state index in [1.54, 1.807) is 11.1 Å². The van der Waals surface area contributed by atoms with Gasteiger partial charge < -0.3 is 0 Å². The van der Waals surface area contributed by atoms with Gasteiger partial charge in [-0.05, 0) is 112 Å². The minimum absolute atomic E-state index is 0.150. The number of benzene rings is 6. The Morgan fingerprint density at radius 3 is 1.64 bits per heavy atom. The normalized spacial score (nSPS) is 24.1. The molecular weight excluding hydrogens is 607 g/mol. The highest BCUT2D eigenvalue weighted by Crippen LogP contribution is 2.69. The lowest BCUT2D eigenvalue weighted by atomic mass is 9.43. The van der Waals surface area contributed by atoms with Crippen molar-refractivity contribution in [1.29, 1.82) is 0 Å². The highest BCUT2D eigenvalue weighted by molar-refractivity contribution is 6.04. The van der Waals surface area contributed by atoms with Crippen LogP contribution in [-0.4, -0.2) is 15.0 Å². The van der Waals surface area contributed by atoms with Crippen LogP contribution in [0, 0.1) is 23.7 Å². The average molecular weight is 644 g/mol. The zero-order valence-corrected chi connectivity index (χ0v) is 28.0. The maximum atomic E-state index is 5.29. The average Bonchev–Trinajstić information content (AvgIpc) is 3.47. The molecule has 0 unspecified atom stereocenters. The van der Waals surface area contributed by atoms with Crippen LogP contribution in [0.25, 0.3) is 67.2 Å². The zero-order chi connectivity index (χ0) is 32.8. The summed E-state index contributed by atoms with van der Waals surface area (Å²) < 4.78 is 0. The number of aromatic nitrogens is 3. The summed E-state index contributed by atoms with van der Waals surface area (Å²) in [5, 5.41) is 2.33. The maximum absolute atomic E-state index is 5.29. The van der Waals surface area contributed by atoms with E-state index in [1.165, 1.54) is 59.7 Å². The lowest BCUT2D eigenvalue weighted by Crippen LogP contribution is -2.55. The second-order valence-corrected chi connectivity index (χ2v) is 15.2. The summed E-state index contributed by atoms with van der Waals surface area (Å²) in [7, 11) is 0. The zero-order valence-electron chi connectivity index (χ0n) is 28.0. The van der Waals surface area contributed by atoms with E-state index >= 15 is 0 Å². The molecule has 12 rings (SSSR count). The molecule has 50 heavy (non-hydrogen) atoms. The van der Waals surface area contributed by atoms with Gasteiger partial charge in [0.25, 0.3) is 0 Å². The van der Waals surface area contributed by atoms with Crippen LogP contribution in [0.2, 0.25) is 0 Å². The Morgan fingerprint density at radius 2 is 0.920 bits per heavy atom. The lowest BCUT2D eigenvalue weighted by Gasteiger charge is -2.61. The van der Waals surface area contributed by atoms with Crippen LogP contribution in [0.5, 0.6) is 0 Å². The minimum Gasteiger partial charge on any atom is -0.208 e. The first-order valence-corrected chi connectivity index (χ1v) is 18.4. The van der Waals surface area contributed by atoms with E-state index in [2.05, 4.69) is 133 Å². The summed E-state index contributed by atoms with van der Waals surface area (Å²) in [5.74, 6) is 5.45. The largest absolute Gasteiger partial charge is 0.208 e. The second-order valence-electron chi connectivity index (χ2n) is 15.2. The monoisotopic (exact) mass is 643 g/mol. The van der Waals surface area contributed by atoms with E-state index < -0.39 is 0 Å². The molecule has 5 aliphatic carbocycles. The molecule has 0 saturated heterocycles. The van der Waals surface area contributed by atoms with Crippen LogP contribution >= 0.6 is 0 Å². The molecule has 4 bridgehead atoms. The molecule has 1 heterocycles. The molecule has 3 heteroatoms. The van der Waals surface area contributed by atoms with Crippen LogP contribution in [0.3, 0.4) is 0 Å². The fourth-order valence-corrected chi connectivity index (χ4v) is 11.0. The van der Waals surface area contributed by atoms with Crippen molar-refractivity contribution in [2.45, 2.75) is 37.5 Å². The number of nitrogens with zero attached hydrogens (tertiary/aromatic N) is 3. The first kappa shape index (κ1) is 28.4. The van der Waals surface area contributed by atoms with Gasteiger partial charge in [0.1, 0.15) is 0 Å². The van der Waals surface area contributed by atoms with Crippen LogP contribution in [0.4, 0.5) is 0 Å². The molecule has 0 atom stereocenters. The Labute approximate surface area is 293 Å². The van der Waals surface area contributed by atoms with E-state index in [4.69, 9.17) is 15.0 Å². The van der Waals surface area contributed by atoms with Gasteiger partial charge in [0.15, 0.2) is 17.5 Å². The Balaban J connectivity index is 1.10. The van der Waals surface area contributed by atoms with E-state index in [-0.39, 0.29) is 5.41 Å². The van der Waals surface area contributed by atoms with E-state index in [0.717, 1.165) is 51.6 Å². The summed E-state index contributed by atoms with van der Waals surface area (Å²) in [6.45, 7) is 0. The predicted octanol–water partition coefficient (Wildman–Crippen LogP) is 11.4. The second kappa shape index (κ2) is 10.8. The molecule has 0 radical (unpaired) electrons. The Kier molecular flexibility index (Phi) is 6.14. The Hall–Kier alpha value is -5.41. The number of hydrogen-bond donors (Lipinski definition) is 0. The summed E-state index contributed by atoms with van der Waals surface area (Å²) in [6, 6.07) is 50.5. The first-order valence-electron chi connectivity index (χ1n) is 18.4. The highest BCUT2D eigenvalue weighted by atomic mass is 15.0. The molecule has 0 amide bonds. The maximum Gasteiger partial charge on any atom is 0.164 e. The van der Waals surface area contributed by atoms with E-state index in [1.807, 2.05) is 6.07 Å². The molecule has 1 spiro atoms. The van der Waals surface area contributed by atoms with E-state index in [0.29, 0.717) is 11.6 Å². The third kappa shape index (κ3) is 4.07. The quantitative estimate of drug-likeness (QED) is 0.192. The van der Waals surface area contributed by atoms with Gasteiger partial charge in [0.2, 0.25) is 0 Å². The predicted molar refractivity (Wildman–Crippen MR) is 202 cm³/mol. The van der Waals surface area contributed by atoms with Crippen molar-refractivity contribution >= 4 is 10.8 Å². The topological polar surface area (TPSA) is 38.7 Å². The summed E-state index contributed by atoms with van der Waals surface area (Å²) in [6.07, 6.45) is 7.01. The van der Waals surface area contributed by atoms with Gasteiger partial charge in [-0.2, -0.15) is 0 Å². The number of fused-ring (bicyclic) bond motifs is 4. The molecule has 0 aliphatic heterocycles. The van der Waals surface area contributed by atoms with Gasteiger partial charge in [-0.15, -0.1) is 0 Å². The summed E-state index contributed by atoms with van der Waals surface area (Å²) in [5.41, 5.74) is 11.5. The van der Waals surface area contributed by atoms with Gasteiger partial charge >= 0.3 is 0 Å². The van der Waals surface area contributed by atoms with Crippen LogP contribution in [-0.2, 0) is 5.41 Å². The third-order valence-corrected chi connectivity index (χ3v) is 12.7. The highest BCUT2D eigenvalue weighted by Gasteiger charge is 2.61. The minimum atomic E-state index is 0.150. The van der Waals surface area contributed by atoms with Crippen molar-refractivity contribution in [3.05, 3.63) is 151 Å². The third-order valence-electron chi connectivity index (χ3n) is 12.7. The van der Waals surface area contributed by atoms with E-state index in [9.17, 15) is 0 Å². The fraction of sp³-hybridized carbons (Fsp3) is 0.213. The van der Waals surface area contributed by atoms with Crippen molar-refractivity contribution < 1.29 is 0 Å². The van der Waals surface area contributed by atoms with Crippen molar-refractivity contribution in [3.63, 3.8) is 0 Å². The Bertz CT molecular complexity index is 2420. The van der Waals surface area contributed by atoms with Gasteiger partial charge in [0.05, 0.1) is 0 Å². The molecule has 6 aromatic carbocycles. The molecule has 240 valence electrons. The molecule has 5 aliphatic rings. The number of hydrogen-bond acceptors (Lipinski definition) is 3. The van der Waals surface area contributed by atoms with Crippen LogP contribution in [0.1, 0.15) is 43.2 Å². The van der Waals surface area contributed by atoms with Crippen molar-refractivity contribution in [2.75, 3.05) is 0 Å². The van der Waals surface area contributed by atoms with Crippen LogP contribution in [0.15, 0.2) is 140 Å². The molecule has 4 fully saturated rings. The smallest absolute Gasteiger partial charge is 0.164 e.